The molecule has 0 bridgehead atoms. The second kappa shape index (κ2) is 12.1. The minimum atomic E-state index is -3.71. The third-order valence-corrected chi connectivity index (χ3v) is 9.54. The number of hydrogen-bond donors (Lipinski definition) is 0. The van der Waals surface area contributed by atoms with Gasteiger partial charge in [0.2, 0.25) is 10.0 Å². The van der Waals surface area contributed by atoms with Gasteiger partial charge >= 0.3 is 1.43 Å². The molecule has 206 valence electrons. The standard InChI is InChI=1S/C28H29FN4O3S2.ClH/c1-31(2)15-5-16-33(28-30-25-13-10-23(29)18-26(25)37-28)27(34)21-8-11-24(12-9-21)38(35,36)32-17-14-20-6-3-4-7-22(20)19-32;/h3-4,6-13,18H,5,14-17,19H2,1-2H3;1H. The Morgan fingerprint density at radius 1 is 1.05 bits per heavy atom. The lowest BCUT2D eigenvalue weighted by atomic mass is 10.0. The van der Waals surface area contributed by atoms with Gasteiger partial charge in [-0.25, -0.2) is 17.8 Å². The van der Waals surface area contributed by atoms with E-state index in [-0.39, 0.29) is 30.5 Å². The first-order valence-corrected chi connectivity index (χ1v) is 14.7. The van der Waals surface area contributed by atoms with Gasteiger partial charge in [0, 0.05) is 25.2 Å². The van der Waals surface area contributed by atoms with Crippen LogP contribution in [0.1, 0.15) is 29.3 Å². The van der Waals surface area contributed by atoms with Crippen LogP contribution in [0.4, 0.5) is 9.52 Å². The molecule has 1 amide bonds. The zero-order valence-corrected chi connectivity index (χ0v) is 24.1. The largest absolute Gasteiger partial charge is 1.00 e. The van der Waals surface area contributed by atoms with Crippen LogP contribution in [0.15, 0.2) is 71.6 Å². The molecule has 1 aromatic heterocycles. The van der Waals surface area contributed by atoms with Crippen LogP contribution >= 0.6 is 11.3 Å². The number of hydrogen-bond acceptors (Lipinski definition) is 6. The average Bonchev–Trinajstić information content (AvgIpc) is 3.33. The summed E-state index contributed by atoms with van der Waals surface area (Å²) in [6, 6.07) is 18.3. The quantitative estimate of drug-likeness (QED) is 0.314. The molecular weight excluding hydrogens is 559 g/mol. The second-order valence-electron chi connectivity index (χ2n) is 9.60. The van der Waals surface area contributed by atoms with Crippen molar-refractivity contribution in [1.29, 1.82) is 0 Å². The van der Waals surface area contributed by atoms with Crippen LogP contribution in [0.2, 0.25) is 0 Å². The summed E-state index contributed by atoms with van der Waals surface area (Å²) < 4.78 is 42.6. The number of amides is 1. The van der Waals surface area contributed by atoms with Gasteiger partial charge in [0.25, 0.3) is 5.91 Å². The van der Waals surface area contributed by atoms with E-state index in [2.05, 4.69) is 4.98 Å². The number of carbonyl (C=O) groups is 1. The van der Waals surface area contributed by atoms with Crippen molar-refractivity contribution in [2.24, 2.45) is 0 Å². The van der Waals surface area contributed by atoms with E-state index in [1.807, 2.05) is 43.3 Å². The number of sulfonamides is 1. The lowest BCUT2D eigenvalue weighted by Crippen LogP contribution is -3.00. The van der Waals surface area contributed by atoms with E-state index in [1.165, 1.54) is 45.5 Å². The highest BCUT2D eigenvalue weighted by Gasteiger charge is 2.29. The lowest BCUT2D eigenvalue weighted by Gasteiger charge is -2.28. The van der Waals surface area contributed by atoms with Gasteiger partial charge in [-0.2, -0.15) is 4.31 Å². The van der Waals surface area contributed by atoms with Gasteiger partial charge in [0.15, 0.2) is 5.13 Å². The van der Waals surface area contributed by atoms with Gasteiger partial charge in [0.1, 0.15) is 5.82 Å². The van der Waals surface area contributed by atoms with Crippen molar-refractivity contribution >= 4 is 42.6 Å². The molecule has 4 aromatic rings. The number of anilines is 1. The number of nitrogens with zero attached hydrogens (tertiary/aromatic N) is 4. The van der Waals surface area contributed by atoms with Gasteiger partial charge in [0.05, 0.1) is 15.1 Å². The Bertz CT molecular complexity index is 1580. The molecular formula is C28H30ClFN4O3S2. The summed E-state index contributed by atoms with van der Waals surface area (Å²) in [6.45, 7) is 1.95. The topological polar surface area (TPSA) is 73.8 Å². The highest BCUT2D eigenvalue weighted by atomic mass is 35.5. The molecule has 3 aromatic carbocycles. The Balaban J connectivity index is 0.00000220. The zero-order valence-electron chi connectivity index (χ0n) is 22.7. The predicted octanol–water partition coefficient (Wildman–Crippen LogP) is 1.90. The van der Waals surface area contributed by atoms with Crippen LogP contribution in [0.25, 0.3) is 10.2 Å². The molecule has 1 aliphatic rings. The Labute approximate surface area is 239 Å². The Morgan fingerprint density at radius 3 is 2.49 bits per heavy atom. The summed E-state index contributed by atoms with van der Waals surface area (Å²) in [4.78, 5) is 22.0. The highest BCUT2D eigenvalue weighted by molar-refractivity contribution is 7.89. The number of carbonyl (C=O) groups excluding carboxylic acids is 1. The van der Waals surface area contributed by atoms with Crippen LogP contribution in [0.5, 0.6) is 0 Å². The zero-order chi connectivity index (χ0) is 26.9. The van der Waals surface area contributed by atoms with E-state index in [4.69, 9.17) is 0 Å². The minimum absolute atomic E-state index is 0. The monoisotopic (exact) mass is 588 g/mol. The van der Waals surface area contributed by atoms with Crippen molar-refractivity contribution in [1.82, 2.24) is 14.2 Å². The second-order valence-corrected chi connectivity index (χ2v) is 12.6. The molecule has 0 N–H and O–H groups in total. The highest BCUT2D eigenvalue weighted by Crippen LogP contribution is 2.31. The molecule has 0 aliphatic carbocycles. The van der Waals surface area contributed by atoms with E-state index < -0.39 is 10.0 Å². The lowest BCUT2D eigenvalue weighted by molar-refractivity contribution is -0.0000183. The number of rotatable bonds is 8. The summed E-state index contributed by atoms with van der Waals surface area (Å²) >= 11 is 1.26. The number of halogens is 2. The van der Waals surface area contributed by atoms with Crippen molar-refractivity contribution in [3.8, 4) is 0 Å². The molecule has 0 fully saturated rings. The van der Waals surface area contributed by atoms with Crippen molar-refractivity contribution in [3.05, 3.63) is 89.2 Å². The van der Waals surface area contributed by atoms with Crippen LogP contribution in [0, 0.1) is 5.82 Å². The van der Waals surface area contributed by atoms with Crippen LogP contribution < -0.4 is 17.3 Å². The SMILES string of the molecule is CN(C)CCCN(C(=O)c1ccc(S(=O)(=O)N2CCc3ccccc3C2)cc1)c1nc2ccc(F)cc2s1.[Cl-].[H+]. The predicted molar refractivity (Wildman–Crippen MR) is 150 cm³/mol. The molecule has 0 atom stereocenters. The number of fused-ring (bicyclic) bond motifs is 2. The molecule has 0 radical (unpaired) electrons. The van der Waals surface area contributed by atoms with E-state index in [0.717, 1.165) is 12.1 Å². The number of aromatic nitrogens is 1. The first kappa shape index (κ1) is 29.1. The van der Waals surface area contributed by atoms with Crippen molar-refractivity contribution in [3.63, 3.8) is 0 Å². The molecule has 11 heteroatoms. The maximum absolute atomic E-state index is 13.7. The van der Waals surface area contributed by atoms with E-state index in [1.54, 1.807) is 23.1 Å². The molecule has 5 rings (SSSR count). The first-order chi connectivity index (χ1) is 18.2. The Morgan fingerprint density at radius 2 is 1.77 bits per heavy atom. The fourth-order valence-electron chi connectivity index (χ4n) is 4.58. The molecule has 2 heterocycles. The maximum Gasteiger partial charge on any atom is 1.00 e. The third-order valence-electron chi connectivity index (χ3n) is 6.64. The van der Waals surface area contributed by atoms with Gasteiger partial charge in [-0.15, -0.1) is 0 Å². The molecule has 0 saturated heterocycles. The van der Waals surface area contributed by atoms with Crippen molar-refractivity contribution in [2.75, 3.05) is 38.6 Å². The molecule has 7 nitrogen and oxygen atoms in total. The maximum atomic E-state index is 13.7. The Kier molecular flexibility index (Phi) is 9.03. The molecule has 0 saturated carbocycles. The van der Waals surface area contributed by atoms with Crippen molar-refractivity contribution in [2.45, 2.75) is 24.3 Å². The van der Waals surface area contributed by atoms with Crippen LogP contribution in [0.3, 0.4) is 0 Å². The van der Waals surface area contributed by atoms with Crippen molar-refractivity contribution < 1.29 is 31.4 Å². The van der Waals surface area contributed by atoms with Crippen LogP contribution in [-0.4, -0.2) is 62.2 Å². The summed E-state index contributed by atoms with van der Waals surface area (Å²) in [6.07, 6.45) is 1.38. The van der Waals surface area contributed by atoms with Gasteiger partial charge in [-0.05, 0) is 87.1 Å². The summed E-state index contributed by atoms with van der Waals surface area (Å²) in [5.41, 5.74) is 3.18. The molecule has 1 aliphatic heterocycles. The van der Waals surface area contributed by atoms with Crippen LogP contribution in [-0.2, 0) is 23.0 Å². The summed E-state index contributed by atoms with van der Waals surface area (Å²) in [5.74, 6) is -0.633. The fourth-order valence-corrected chi connectivity index (χ4v) is 7.01. The van der Waals surface area contributed by atoms with E-state index in [0.29, 0.717) is 53.4 Å². The average molecular weight is 589 g/mol. The summed E-state index contributed by atoms with van der Waals surface area (Å²) in [7, 11) is 0.222. The fraction of sp³-hybridized carbons (Fsp3) is 0.286. The smallest absolute Gasteiger partial charge is 1.00 e. The van der Waals surface area contributed by atoms with E-state index in [9.17, 15) is 17.6 Å². The van der Waals surface area contributed by atoms with Gasteiger partial charge < -0.3 is 17.3 Å². The van der Waals surface area contributed by atoms with Gasteiger partial charge in [-0.1, -0.05) is 35.6 Å². The molecule has 39 heavy (non-hydrogen) atoms. The van der Waals surface area contributed by atoms with E-state index >= 15 is 0 Å². The third kappa shape index (κ3) is 6.31. The first-order valence-electron chi connectivity index (χ1n) is 12.4. The Hall–Kier alpha value is -2.89. The molecule has 0 spiro atoms. The van der Waals surface area contributed by atoms with Gasteiger partial charge in [-0.3, -0.25) is 9.69 Å². The normalized spacial score (nSPS) is 13.7. The number of thiazole rings is 1. The molecule has 0 unspecified atom stereocenters. The minimum Gasteiger partial charge on any atom is -1.00 e. The summed E-state index contributed by atoms with van der Waals surface area (Å²) in [5, 5.41) is 0.484. The number of benzene rings is 3.